The van der Waals surface area contributed by atoms with E-state index in [2.05, 4.69) is 37.3 Å². The predicted molar refractivity (Wildman–Crippen MR) is 78.5 cm³/mol. The molecule has 1 aromatic rings. The maximum absolute atomic E-state index is 6.11. The molecule has 100 valence electrons. The Labute approximate surface area is 112 Å². The van der Waals surface area contributed by atoms with E-state index in [0.29, 0.717) is 5.41 Å². The van der Waals surface area contributed by atoms with Crippen LogP contribution in [0.4, 0.5) is 0 Å². The van der Waals surface area contributed by atoms with E-state index in [1.165, 1.54) is 50.5 Å². The predicted octanol–water partition coefficient (Wildman–Crippen LogP) is 4.16. The van der Waals surface area contributed by atoms with Crippen LogP contribution in [0.15, 0.2) is 30.3 Å². The van der Waals surface area contributed by atoms with Gasteiger partial charge in [-0.05, 0) is 55.5 Å². The van der Waals surface area contributed by atoms with E-state index >= 15 is 0 Å². The second-order valence-electron chi connectivity index (χ2n) is 6.10. The zero-order valence-corrected chi connectivity index (χ0v) is 11.7. The summed E-state index contributed by atoms with van der Waals surface area (Å²) in [4.78, 5) is 0. The van der Waals surface area contributed by atoms with Gasteiger partial charge >= 0.3 is 0 Å². The molecule has 0 heterocycles. The lowest BCUT2D eigenvalue weighted by molar-refractivity contribution is 0.151. The highest BCUT2D eigenvalue weighted by Crippen LogP contribution is 2.42. The molecule has 1 saturated carbocycles. The Kier molecular flexibility index (Phi) is 4.82. The quantitative estimate of drug-likeness (QED) is 0.828. The first kappa shape index (κ1) is 13.6. The van der Waals surface area contributed by atoms with Crippen LogP contribution in [0.2, 0.25) is 0 Å². The molecule has 1 heteroatoms. The van der Waals surface area contributed by atoms with Crippen LogP contribution in [0.5, 0.6) is 0 Å². The second-order valence-corrected chi connectivity index (χ2v) is 6.10. The molecule has 0 saturated heterocycles. The van der Waals surface area contributed by atoms with Crippen LogP contribution in [-0.2, 0) is 6.42 Å². The van der Waals surface area contributed by atoms with E-state index in [1.807, 2.05) is 0 Å². The van der Waals surface area contributed by atoms with Gasteiger partial charge in [0.05, 0.1) is 0 Å². The van der Waals surface area contributed by atoms with Crippen molar-refractivity contribution in [1.29, 1.82) is 0 Å². The van der Waals surface area contributed by atoms with Gasteiger partial charge < -0.3 is 5.73 Å². The van der Waals surface area contributed by atoms with E-state index in [0.717, 1.165) is 12.5 Å². The lowest BCUT2D eigenvalue weighted by Crippen LogP contribution is -2.36. The van der Waals surface area contributed by atoms with Crippen molar-refractivity contribution >= 4 is 0 Å². The van der Waals surface area contributed by atoms with Crippen LogP contribution in [0.1, 0.15) is 51.0 Å². The molecule has 2 N–H and O–H groups in total. The zero-order chi connectivity index (χ0) is 12.8. The third-order valence-electron chi connectivity index (χ3n) is 4.72. The third-order valence-corrected chi connectivity index (χ3v) is 4.72. The van der Waals surface area contributed by atoms with E-state index in [1.54, 1.807) is 0 Å². The molecule has 0 aromatic heterocycles. The van der Waals surface area contributed by atoms with E-state index in [4.69, 9.17) is 5.73 Å². The summed E-state index contributed by atoms with van der Waals surface area (Å²) in [7, 11) is 0. The highest BCUT2D eigenvalue weighted by atomic mass is 14.6. The highest BCUT2D eigenvalue weighted by molar-refractivity contribution is 5.17. The average molecular weight is 245 g/mol. The molecular formula is C17H27N. The van der Waals surface area contributed by atoms with Gasteiger partial charge in [-0.2, -0.15) is 0 Å². The fraction of sp³-hybridized carbons (Fsp3) is 0.647. The van der Waals surface area contributed by atoms with Crippen molar-refractivity contribution in [1.82, 2.24) is 0 Å². The first-order valence-electron chi connectivity index (χ1n) is 7.52. The molecule has 0 unspecified atom stereocenters. The Morgan fingerprint density at radius 3 is 2.39 bits per heavy atom. The van der Waals surface area contributed by atoms with Gasteiger partial charge in [0, 0.05) is 0 Å². The smallest absolute Gasteiger partial charge is 0.00173 e. The summed E-state index contributed by atoms with van der Waals surface area (Å²) in [5.74, 6) is 0.963. The van der Waals surface area contributed by atoms with Crippen molar-refractivity contribution in [2.75, 3.05) is 6.54 Å². The molecule has 1 nitrogen and oxygen atoms in total. The first-order valence-corrected chi connectivity index (χ1v) is 7.52. The number of rotatable bonds is 5. The minimum Gasteiger partial charge on any atom is -0.330 e. The molecule has 1 aliphatic rings. The fourth-order valence-corrected chi connectivity index (χ4v) is 3.47. The minimum atomic E-state index is 0.381. The molecule has 0 bridgehead atoms. The lowest BCUT2D eigenvalue weighted by Gasteiger charge is -2.39. The summed E-state index contributed by atoms with van der Waals surface area (Å²) in [5, 5.41) is 0. The van der Waals surface area contributed by atoms with E-state index in [-0.39, 0.29) is 0 Å². The summed E-state index contributed by atoms with van der Waals surface area (Å²) >= 11 is 0. The Balaban J connectivity index is 1.96. The van der Waals surface area contributed by atoms with Crippen molar-refractivity contribution in [2.45, 2.75) is 51.9 Å². The first-order chi connectivity index (χ1) is 8.78. The largest absolute Gasteiger partial charge is 0.330 e. The van der Waals surface area contributed by atoms with Crippen molar-refractivity contribution < 1.29 is 0 Å². The van der Waals surface area contributed by atoms with E-state index in [9.17, 15) is 0 Å². The van der Waals surface area contributed by atoms with Gasteiger partial charge in [0.25, 0.3) is 0 Å². The normalized spacial score (nSPS) is 28.2. The molecule has 1 aromatic carbocycles. The SMILES string of the molecule is CCCC1CCC(CN)(Cc2ccccc2)CC1. The van der Waals surface area contributed by atoms with Crippen molar-refractivity contribution in [3.8, 4) is 0 Å². The summed E-state index contributed by atoms with van der Waals surface area (Å²) < 4.78 is 0. The van der Waals surface area contributed by atoms with Gasteiger partial charge in [0.1, 0.15) is 0 Å². The number of benzene rings is 1. The van der Waals surface area contributed by atoms with Crippen molar-refractivity contribution in [3.63, 3.8) is 0 Å². The molecule has 1 aliphatic carbocycles. The minimum absolute atomic E-state index is 0.381. The molecule has 0 aliphatic heterocycles. The Morgan fingerprint density at radius 1 is 1.17 bits per heavy atom. The van der Waals surface area contributed by atoms with Crippen LogP contribution in [0, 0.1) is 11.3 Å². The van der Waals surface area contributed by atoms with Gasteiger partial charge in [-0.3, -0.25) is 0 Å². The molecule has 1 fully saturated rings. The molecular weight excluding hydrogens is 218 g/mol. The number of nitrogens with two attached hydrogens (primary N) is 1. The van der Waals surface area contributed by atoms with Gasteiger partial charge in [-0.1, -0.05) is 50.1 Å². The zero-order valence-electron chi connectivity index (χ0n) is 11.7. The standard InChI is InChI=1S/C17H27N/c1-2-6-15-9-11-17(14-18,12-10-15)13-16-7-4-3-5-8-16/h3-5,7-8,15H,2,6,9-14,18H2,1H3. The highest BCUT2D eigenvalue weighted by Gasteiger charge is 2.33. The van der Waals surface area contributed by atoms with Gasteiger partial charge in [-0.25, -0.2) is 0 Å². The lowest BCUT2D eigenvalue weighted by atomic mass is 9.67. The maximum atomic E-state index is 6.11. The van der Waals surface area contributed by atoms with Crippen LogP contribution < -0.4 is 5.73 Å². The van der Waals surface area contributed by atoms with Crippen molar-refractivity contribution in [2.24, 2.45) is 17.1 Å². The monoisotopic (exact) mass is 245 g/mol. The molecule has 0 radical (unpaired) electrons. The van der Waals surface area contributed by atoms with Crippen molar-refractivity contribution in [3.05, 3.63) is 35.9 Å². The van der Waals surface area contributed by atoms with Crippen LogP contribution in [0.3, 0.4) is 0 Å². The van der Waals surface area contributed by atoms with E-state index < -0.39 is 0 Å². The average Bonchev–Trinajstić information content (AvgIpc) is 2.43. The summed E-state index contributed by atoms with van der Waals surface area (Å²) in [6.07, 6.45) is 9.33. The van der Waals surface area contributed by atoms with Crippen LogP contribution in [-0.4, -0.2) is 6.54 Å². The van der Waals surface area contributed by atoms with Gasteiger partial charge in [-0.15, -0.1) is 0 Å². The van der Waals surface area contributed by atoms with Crippen LogP contribution >= 0.6 is 0 Å². The maximum Gasteiger partial charge on any atom is -0.00173 e. The fourth-order valence-electron chi connectivity index (χ4n) is 3.47. The van der Waals surface area contributed by atoms with Crippen LogP contribution in [0.25, 0.3) is 0 Å². The Bertz CT molecular complexity index is 336. The Morgan fingerprint density at radius 2 is 1.83 bits per heavy atom. The Hall–Kier alpha value is -0.820. The topological polar surface area (TPSA) is 26.0 Å². The number of hydrogen-bond donors (Lipinski definition) is 1. The second kappa shape index (κ2) is 6.38. The molecule has 0 amide bonds. The molecule has 0 spiro atoms. The summed E-state index contributed by atoms with van der Waals surface area (Å²) in [6, 6.07) is 10.9. The third kappa shape index (κ3) is 3.35. The molecule has 0 atom stereocenters. The molecule has 2 rings (SSSR count). The van der Waals surface area contributed by atoms with Gasteiger partial charge in [0.15, 0.2) is 0 Å². The number of hydrogen-bond acceptors (Lipinski definition) is 1. The molecule has 18 heavy (non-hydrogen) atoms. The summed E-state index contributed by atoms with van der Waals surface area (Å²) in [5.41, 5.74) is 7.94. The summed E-state index contributed by atoms with van der Waals surface area (Å²) in [6.45, 7) is 3.15. The van der Waals surface area contributed by atoms with Gasteiger partial charge in [0.2, 0.25) is 0 Å².